The van der Waals surface area contributed by atoms with Crippen molar-refractivity contribution in [3.63, 3.8) is 0 Å². The molecule has 1 aliphatic heterocycles. The zero-order chi connectivity index (χ0) is 70.7. The molecule has 12 atom stereocenters. The molecule has 520 valence electrons. The lowest BCUT2D eigenvalue weighted by molar-refractivity contribution is -0.157. The third-order valence-electron chi connectivity index (χ3n) is 17.5. The molecule has 1 aromatic carbocycles. The molecule has 0 radical (unpaired) electrons. The lowest BCUT2D eigenvalue weighted by Crippen LogP contribution is -2.63. The molecular formula is C69H117N11O12. The minimum atomic E-state index is -1.62. The Hall–Kier alpha value is -6.91. The summed E-state index contributed by atoms with van der Waals surface area (Å²) in [4.78, 5) is 174. The van der Waals surface area contributed by atoms with Crippen molar-refractivity contribution in [2.75, 3.05) is 55.9 Å². The van der Waals surface area contributed by atoms with Gasteiger partial charge in [0, 0.05) is 55.9 Å². The molecule has 23 heteroatoms. The van der Waals surface area contributed by atoms with E-state index in [0.29, 0.717) is 12.0 Å². The van der Waals surface area contributed by atoms with Crippen molar-refractivity contribution >= 4 is 65.0 Å². The van der Waals surface area contributed by atoms with Crippen LogP contribution >= 0.6 is 0 Å². The zero-order valence-electron chi connectivity index (χ0n) is 60.1. The van der Waals surface area contributed by atoms with Crippen molar-refractivity contribution in [1.29, 1.82) is 0 Å². The summed E-state index contributed by atoms with van der Waals surface area (Å²) in [6, 6.07) is -3.48. The predicted octanol–water partition coefficient (Wildman–Crippen LogP) is 5.18. The number of hydrogen-bond acceptors (Lipinski definition) is 12. The van der Waals surface area contributed by atoms with Crippen molar-refractivity contribution in [1.82, 2.24) is 55.1 Å². The molecule has 4 N–H and O–H groups in total. The van der Waals surface area contributed by atoms with Crippen molar-refractivity contribution in [2.45, 2.75) is 229 Å². The number of carbonyl (C=O) groups excluding carboxylic acids is 11. The maximum absolute atomic E-state index is 15.6. The SMILES string of the molecule is C/C=C/C[C@@H](C)[C@@H](O)[C@H]1C(=O)N[C@@H](CC)C(=O)N(C)CC(=O)N(C)[C@@H](CC(C)C)C(=O)N(Cc2ccccc2)[C@@H](C(C)C)C(=O)N(C)[C@@H](CC(C)C)C(=O)N[C@@H](C)C(=O)N[C@H](C)C(=O)N(C)[C@@H](CC(C)C)C(=O)N(C)[C@@H](CC(C)C)C(=O)N(C)[C@@H](C(C)C)C(=O)N1C. The van der Waals surface area contributed by atoms with Crippen LogP contribution in [0.1, 0.15) is 162 Å². The Balaban J connectivity index is 3.10. The van der Waals surface area contributed by atoms with Gasteiger partial charge in [0.25, 0.3) is 0 Å². The first-order valence-corrected chi connectivity index (χ1v) is 33.1. The largest absolute Gasteiger partial charge is 0.390 e. The average Bonchev–Trinajstić information content (AvgIpc) is 0.816. The number of nitrogens with zero attached hydrogens (tertiary/aromatic N) is 8. The highest BCUT2D eigenvalue weighted by atomic mass is 16.3. The highest BCUT2D eigenvalue weighted by Gasteiger charge is 2.47. The van der Waals surface area contributed by atoms with E-state index in [1.54, 1.807) is 66.7 Å². The number of hydrogen-bond donors (Lipinski definition) is 4. The van der Waals surface area contributed by atoms with Gasteiger partial charge < -0.3 is 60.3 Å². The van der Waals surface area contributed by atoms with E-state index in [4.69, 9.17) is 0 Å². The number of aliphatic hydroxyl groups excluding tert-OH is 1. The molecule has 1 aliphatic rings. The topological polar surface area (TPSA) is 270 Å². The lowest BCUT2D eigenvalue weighted by Gasteiger charge is -2.41. The summed E-state index contributed by atoms with van der Waals surface area (Å²) < 4.78 is 0. The molecule has 92 heavy (non-hydrogen) atoms. The Morgan fingerprint density at radius 3 is 1.37 bits per heavy atom. The fourth-order valence-electron chi connectivity index (χ4n) is 12.0. The van der Waals surface area contributed by atoms with Crippen molar-refractivity contribution in [2.24, 2.45) is 41.4 Å². The van der Waals surface area contributed by atoms with E-state index in [-0.39, 0.29) is 62.3 Å². The molecule has 1 fully saturated rings. The summed E-state index contributed by atoms with van der Waals surface area (Å²) in [6.45, 7) is 29.5. The van der Waals surface area contributed by atoms with Crippen LogP contribution in [-0.4, -0.2) is 232 Å². The molecule has 0 bridgehead atoms. The summed E-state index contributed by atoms with van der Waals surface area (Å²) in [5.74, 6) is -9.74. The molecule has 0 spiro atoms. The van der Waals surface area contributed by atoms with Gasteiger partial charge in [-0.25, -0.2) is 0 Å². The van der Waals surface area contributed by atoms with E-state index in [0.717, 1.165) is 9.80 Å². The number of rotatable bonds is 17. The van der Waals surface area contributed by atoms with Gasteiger partial charge in [-0.15, -0.1) is 0 Å². The number of nitrogens with one attached hydrogen (secondary N) is 3. The Bertz CT molecular complexity index is 2680. The van der Waals surface area contributed by atoms with Gasteiger partial charge in [0.2, 0.25) is 65.0 Å². The normalized spacial score (nSPS) is 25.8. The first-order valence-electron chi connectivity index (χ1n) is 33.1. The Morgan fingerprint density at radius 1 is 0.478 bits per heavy atom. The Morgan fingerprint density at radius 2 is 0.902 bits per heavy atom. The van der Waals surface area contributed by atoms with Crippen LogP contribution in [-0.2, 0) is 59.3 Å². The second-order valence-corrected chi connectivity index (χ2v) is 28.0. The van der Waals surface area contributed by atoms with Gasteiger partial charge >= 0.3 is 0 Å². The van der Waals surface area contributed by atoms with Gasteiger partial charge in [-0.1, -0.05) is 139 Å². The lowest BCUT2D eigenvalue weighted by atomic mass is 9.91. The molecule has 0 aliphatic carbocycles. The average molecular weight is 1290 g/mol. The minimum Gasteiger partial charge on any atom is -0.390 e. The maximum Gasteiger partial charge on any atom is 0.246 e. The monoisotopic (exact) mass is 1290 g/mol. The molecule has 1 saturated heterocycles. The highest BCUT2D eigenvalue weighted by Crippen LogP contribution is 2.28. The third-order valence-corrected chi connectivity index (χ3v) is 17.5. The van der Waals surface area contributed by atoms with Gasteiger partial charge in [-0.3, -0.25) is 52.7 Å². The molecule has 1 aromatic rings. The number of benzene rings is 1. The van der Waals surface area contributed by atoms with Gasteiger partial charge in [-0.05, 0) is 106 Å². The minimum absolute atomic E-state index is 0.0135. The van der Waals surface area contributed by atoms with E-state index in [9.17, 15) is 33.9 Å². The van der Waals surface area contributed by atoms with Crippen LogP contribution in [0.5, 0.6) is 0 Å². The van der Waals surface area contributed by atoms with Gasteiger partial charge in [0.15, 0.2) is 0 Å². The summed E-state index contributed by atoms with van der Waals surface area (Å²) in [6.07, 6.45) is 2.99. The quantitative estimate of drug-likeness (QED) is 0.147. The number of carbonyl (C=O) groups is 11. The molecule has 0 aromatic heterocycles. The second-order valence-electron chi connectivity index (χ2n) is 28.0. The number of aliphatic hydroxyl groups is 1. The standard InChI is InChI=1S/C69H117N11O12/c1-25-27-31-46(15)59(82)58-62(85)72-50(26-2)64(87)73(18)39-55(81)74(19)54(37-43(9)10)67(90)80(38-49-32-29-28-30-33-49)57(45(13)14)69(92)75(20)51(34-40(3)4)61(84)70-47(16)60(83)71-48(17)63(86)76(21)52(35-41(5)6)65(88)77(22)53(36-42(7)8)66(89)78(23)56(44(11)12)68(91)79(58)24/h25,27-30,32-33,40-48,50-54,56-59,82H,26,31,34-39H2,1-24H3,(H,70,84)(H,71,83)(H,72,85)/b27-25+/t46-,47+,48-,50+,51+,52+,53+,54+,56+,57+,58+,59-/m1/s1. The Kier molecular flexibility index (Phi) is 32.7. The van der Waals surface area contributed by atoms with E-state index in [2.05, 4.69) is 16.0 Å². The predicted molar refractivity (Wildman–Crippen MR) is 357 cm³/mol. The number of allylic oxidation sites excluding steroid dienone is 2. The molecular weight excluding hydrogens is 1170 g/mol. The van der Waals surface area contributed by atoms with Crippen LogP contribution in [0.15, 0.2) is 42.5 Å². The molecule has 0 unspecified atom stereocenters. The van der Waals surface area contributed by atoms with Crippen LogP contribution in [0.4, 0.5) is 0 Å². The molecule has 0 saturated carbocycles. The van der Waals surface area contributed by atoms with Crippen LogP contribution in [0, 0.1) is 41.4 Å². The van der Waals surface area contributed by atoms with Crippen molar-refractivity contribution < 1.29 is 57.8 Å². The zero-order valence-corrected chi connectivity index (χ0v) is 60.1. The fourth-order valence-corrected chi connectivity index (χ4v) is 12.0. The summed E-state index contributed by atoms with van der Waals surface area (Å²) in [5.41, 5.74) is 0.676. The van der Waals surface area contributed by atoms with Crippen molar-refractivity contribution in [3.8, 4) is 0 Å². The molecule has 1 heterocycles. The van der Waals surface area contributed by atoms with Gasteiger partial charge in [0.1, 0.15) is 60.4 Å². The highest BCUT2D eigenvalue weighted by molar-refractivity contribution is 5.99. The molecule has 2 rings (SSSR count). The Labute approximate surface area is 550 Å². The fraction of sp³-hybridized carbons (Fsp3) is 0.725. The first kappa shape index (κ1) is 81.2. The van der Waals surface area contributed by atoms with E-state index < -0.39 is 156 Å². The van der Waals surface area contributed by atoms with Crippen LogP contribution < -0.4 is 16.0 Å². The van der Waals surface area contributed by atoms with E-state index in [1.807, 2.05) is 79.7 Å². The number of amides is 11. The van der Waals surface area contributed by atoms with Gasteiger partial charge in [-0.2, -0.15) is 0 Å². The summed E-state index contributed by atoms with van der Waals surface area (Å²) in [5, 5.41) is 20.4. The van der Waals surface area contributed by atoms with Crippen LogP contribution in [0.2, 0.25) is 0 Å². The second kappa shape index (κ2) is 37.1. The van der Waals surface area contributed by atoms with E-state index >= 15 is 24.0 Å². The first-order chi connectivity index (χ1) is 42.7. The van der Waals surface area contributed by atoms with Crippen LogP contribution in [0.3, 0.4) is 0 Å². The maximum atomic E-state index is 15.6. The molecule has 11 amide bonds. The molecule has 23 nitrogen and oxygen atoms in total. The number of likely N-dealkylation sites (N-methyl/N-ethyl adjacent to an activating group) is 7. The van der Waals surface area contributed by atoms with Crippen LogP contribution in [0.25, 0.3) is 0 Å². The third kappa shape index (κ3) is 22.1. The summed E-state index contributed by atoms with van der Waals surface area (Å²) in [7, 11) is 10.0. The van der Waals surface area contributed by atoms with Gasteiger partial charge in [0.05, 0.1) is 12.6 Å². The smallest absolute Gasteiger partial charge is 0.246 e. The summed E-state index contributed by atoms with van der Waals surface area (Å²) >= 11 is 0. The van der Waals surface area contributed by atoms with Crippen molar-refractivity contribution in [3.05, 3.63) is 48.0 Å². The van der Waals surface area contributed by atoms with E-state index in [1.165, 1.54) is 92.6 Å².